The summed E-state index contributed by atoms with van der Waals surface area (Å²) in [7, 11) is 0. The van der Waals surface area contributed by atoms with Crippen molar-refractivity contribution in [2.75, 3.05) is 6.54 Å². The van der Waals surface area contributed by atoms with Crippen LogP contribution in [0.5, 0.6) is 0 Å². The van der Waals surface area contributed by atoms with Gasteiger partial charge >= 0.3 is 0 Å². The highest BCUT2D eigenvalue weighted by Crippen LogP contribution is 2.21. The lowest BCUT2D eigenvalue weighted by Crippen LogP contribution is -2.24. The average molecular weight is 302 g/mol. The molecule has 0 spiro atoms. The highest BCUT2D eigenvalue weighted by atomic mass is 35.5. The third-order valence-corrected chi connectivity index (χ3v) is 3.52. The fourth-order valence-electron chi connectivity index (χ4n) is 2.17. The summed E-state index contributed by atoms with van der Waals surface area (Å²) in [6.45, 7) is 1.13. The number of unbranched alkanes of at least 4 members (excludes halogenated alkanes) is 1. The van der Waals surface area contributed by atoms with Crippen LogP contribution in [0.1, 0.15) is 18.4 Å². The van der Waals surface area contributed by atoms with Gasteiger partial charge in [-0.1, -0.05) is 23.7 Å². The largest absolute Gasteiger partial charge is 0.330 e. The molecule has 0 bridgehead atoms. The van der Waals surface area contributed by atoms with Crippen LogP contribution < -0.4 is 11.3 Å². The van der Waals surface area contributed by atoms with Gasteiger partial charge in [-0.2, -0.15) is 5.26 Å². The quantitative estimate of drug-likeness (QED) is 0.863. The van der Waals surface area contributed by atoms with Crippen LogP contribution in [-0.2, 0) is 6.54 Å². The van der Waals surface area contributed by atoms with Gasteiger partial charge < -0.3 is 10.3 Å². The van der Waals surface area contributed by atoms with E-state index in [-0.39, 0.29) is 11.1 Å². The molecule has 0 aliphatic rings. The number of rotatable bonds is 5. The lowest BCUT2D eigenvalue weighted by atomic mass is 10.1. The normalized spacial score (nSPS) is 10.3. The molecule has 0 radical (unpaired) electrons. The molecule has 2 rings (SSSR count). The number of benzene rings is 1. The number of hydrogen-bond donors (Lipinski definition) is 1. The predicted molar refractivity (Wildman–Crippen MR) is 84.2 cm³/mol. The van der Waals surface area contributed by atoms with Crippen LogP contribution in [0.3, 0.4) is 0 Å². The molecule has 21 heavy (non-hydrogen) atoms. The fraction of sp³-hybridized carbons (Fsp3) is 0.250. The Morgan fingerprint density at radius 1 is 1.14 bits per heavy atom. The molecule has 1 heterocycles. The van der Waals surface area contributed by atoms with Gasteiger partial charge in [-0.15, -0.1) is 0 Å². The van der Waals surface area contributed by atoms with Crippen LogP contribution in [0.2, 0.25) is 5.02 Å². The second kappa shape index (κ2) is 7.07. The number of hydrogen-bond acceptors (Lipinski definition) is 3. The Morgan fingerprint density at radius 2 is 1.86 bits per heavy atom. The Bertz CT molecular complexity index is 714. The van der Waals surface area contributed by atoms with Crippen molar-refractivity contribution in [3.8, 4) is 17.3 Å². The van der Waals surface area contributed by atoms with Gasteiger partial charge in [0.2, 0.25) is 0 Å². The Morgan fingerprint density at radius 3 is 2.48 bits per heavy atom. The van der Waals surface area contributed by atoms with E-state index >= 15 is 0 Å². The second-order valence-corrected chi connectivity index (χ2v) is 5.14. The standard InChI is InChI=1S/C16H16ClN3O/c17-14-6-3-12(4-7-14)15-8-5-13(11-19)16(21)20(15)10-2-1-9-18/h3-8H,1-2,9-10,18H2. The maximum absolute atomic E-state index is 12.3. The van der Waals surface area contributed by atoms with Gasteiger partial charge in [0.25, 0.3) is 5.56 Å². The molecule has 4 nitrogen and oxygen atoms in total. The summed E-state index contributed by atoms with van der Waals surface area (Å²) < 4.78 is 1.64. The summed E-state index contributed by atoms with van der Waals surface area (Å²) in [6, 6.07) is 12.6. The van der Waals surface area contributed by atoms with E-state index in [2.05, 4.69) is 0 Å². The van der Waals surface area contributed by atoms with E-state index in [0.717, 1.165) is 24.1 Å². The van der Waals surface area contributed by atoms with E-state index in [9.17, 15) is 4.79 Å². The van der Waals surface area contributed by atoms with Crippen LogP contribution in [-0.4, -0.2) is 11.1 Å². The topological polar surface area (TPSA) is 71.8 Å². The summed E-state index contributed by atoms with van der Waals surface area (Å²) >= 11 is 5.89. The summed E-state index contributed by atoms with van der Waals surface area (Å²) in [5.41, 5.74) is 7.07. The van der Waals surface area contributed by atoms with Crippen LogP contribution in [0.15, 0.2) is 41.2 Å². The van der Waals surface area contributed by atoms with Crippen LogP contribution in [0, 0.1) is 11.3 Å². The van der Waals surface area contributed by atoms with E-state index in [4.69, 9.17) is 22.6 Å². The molecule has 1 aromatic carbocycles. The molecule has 0 amide bonds. The van der Waals surface area contributed by atoms with E-state index < -0.39 is 0 Å². The Balaban J connectivity index is 2.49. The van der Waals surface area contributed by atoms with Crippen molar-refractivity contribution in [2.24, 2.45) is 5.73 Å². The Labute approximate surface area is 128 Å². The predicted octanol–water partition coefficient (Wildman–Crippen LogP) is 2.78. The van der Waals surface area contributed by atoms with Crippen molar-refractivity contribution in [2.45, 2.75) is 19.4 Å². The third-order valence-electron chi connectivity index (χ3n) is 3.27. The van der Waals surface area contributed by atoms with Gasteiger partial charge in [0.05, 0.1) is 5.69 Å². The van der Waals surface area contributed by atoms with Gasteiger partial charge in [-0.3, -0.25) is 4.79 Å². The Kier molecular flexibility index (Phi) is 5.15. The molecule has 0 saturated heterocycles. The molecule has 2 N–H and O–H groups in total. The molecular weight excluding hydrogens is 286 g/mol. The molecule has 0 aliphatic carbocycles. The van der Waals surface area contributed by atoms with Gasteiger partial charge in [0, 0.05) is 11.6 Å². The zero-order valence-corrected chi connectivity index (χ0v) is 12.3. The van der Waals surface area contributed by atoms with E-state index in [1.165, 1.54) is 0 Å². The minimum atomic E-state index is -0.262. The van der Waals surface area contributed by atoms with E-state index in [1.54, 1.807) is 28.8 Å². The summed E-state index contributed by atoms with van der Waals surface area (Å²) in [5.74, 6) is 0. The first-order chi connectivity index (χ1) is 10.2. The molecule has 0 fully saturated rings. The number of pyridine rings is 1. The minimum absolute atomic E-state index is 0.153. The Hall–Kier alpha value is -2.09. The summed E-state index contributed by atoms with van der Waals surface area (Å²) in [6.07, 6.45) is 1.63. The molecule has 108 valence electrons. The van der Waals surface area contributed by atoms with Crippen molar-refractivity contribution >= 4 is 11.6 Å². The highest BCUT2D eigenvalue weighted by molar-refractivity contribution is 6.30. The van der Waals surface area contributed by atoms with E-state index in [1.807, 2.05) is 18.2 Å². The lowest BCUT2D eigenvalue weighted by Gasteiger charge is -2.13. The first kappa shape index (κ1) is 15.3. The zero-order valence-electron chi connectivity index (χ0n) is 11.6. The van der Waals surface area contributed by atoms with Crippen LogP contribution in [0.4, 0.5) is 0 Å². The number of nitriles is 1. The third kappa shape index (κ3) is 3.52. The molecule has 2 aromatic rings. The van der Waals surface area contributed by atoms with Crippen molar-refractivity contribution in [1.82, 2.24) is 4.57 Å². The zero-order chi connectivity index (χ0) is 15.2. The minimum Gasteiger partial charge on any atom is -0.330 e. The van der Waals surface area contributed by atoms with Crippen molar-refractivity contribution < 1.29 is 0 Å². The number of aromatic nitrogens is 1. The van der Waals surface area contributed by atoms with Crippen molar-refractivity contribution in [3.05, 3.63) is 57.3 Å². The number of nitrogens with zero attached hydrogens (tertiary/aromatic N) is 2. The SMILES string of the molecule is N#Cc1ccc(-c2ccc(Cl)cc2)n(CCCCN)c1=O. The fourth-order valence-corrected chi connectivity index (χ4v) is 2.30. The highest BCUT2D eigenvalue weighted by Gasteiger charge is 2.10. The van der Waals surface area contributed by atoms with Crippen LogP contribution in [0.25, 0.3) is 11.3 Å². The summed E-state index contributed by atoms with van der Waals surface area (Å²) in [5, 5.41) is 9.65. The van der Waals surface area contributed by atoms with Gasteiger partial charge in [0.15, 0.2) is 0 Å². The van der Waals surface area contributed by atoms with Crippen molar-refractivity contribution in [3.63, 3.8) is 0 Å². The lowest BCUT2D eigenvalue weighted by molar-refractivity contribution is 0.602. The van der Waals surface area contributed by atoms with Gasteiger partial charge in [-0.25, -0.2) is 0 Å². The molecule has 0 saturated carbocycles. The average Bonchev–Trinajstić information content (AvgIpc) is 2.50. The van der Waals surface area contributed by atoms with Crippen molar-refractivity contribution in [1.29, 1.82) is 5.26 Å². The second-order valence-electron chi connectivity index (χ2n) is 4.70. The number of nitrogens with two attached hydrogens (primary N) is 1. The summed E-state index contributed by atoms with van der Waals surface area (Å²) in [4.78, 5) is 12.3. The van der Waals surface area contributed by atoms with E-state index in [0.29, 0.717) is 18.1 Å². The molecule has 0 atom stereocenters. The molecule has 0 unspecified atom stereocenters. The maximum atomic E-state index is 12.3. The van der Waals surface area contributed by atoms with Gasteiger partial charge in [0.1, 0.15) is 11.6 Å². The van der Waals surface area contributed by atoms with Gasteiger partial charge in [-0.05, 0) is 49.2 Å². The van der Waals surface area contributed by atoms with Crippen LogP contribution >= 0.6 is 11.6 Å². The first-order valence-corrected chi connectivity index (χ1v) is 7.15. The smallest absolute Gasteiger partial charge is 0.268 e. The monoisotopic (exact) mass is 301 g/mol. The first-order valence-electron chi connectivity index (χ1n) is 6.77. The molecular formula is C16H16ClN3O. The molecule has 0 aliphatic heterocycles. The molecule has 5 heteroatoms. The maximum Gasteiger partial charge on any atom is 0.268 e. The number of halogens is 1. The molecule has 1 aromatic heterocycles.